The van der Waals surface area contributed by atoms with Gasteiger partial charge in [0.2, 0.25) is 0 Å². The van der Waals surface area contributed by atoms with Crippen LogP contribution in [0.25, 0.3) is 0 Å². The topological polar surface area (TPSA) is 24.1 Å². The van der Waals surface area contributed by atoms with Crippen LogP contribution in [0.3, 0.4) is 0 Å². The summed E-state index contributed by atoms with van der Waals surface area (Å²) in [6, 6.07) is 1.21. The second kappa shape index (κ2) is 4.20. The van der Waals surface area contributed by atoms with Gasteiger partial charge < -0.3 is 10.6 Å². The number of hydrogen-bond donors (Lipinski definition) is 2. The zero-order valence-corrected chi connectivity index (χ0v) is 7.99. The first-order valence-corrected chi connectivity index (χ1v) is 4.77. The van der Waals surface area contributed by atoms with Crippen molar-refractivity contribution >= 4 is 0 Å². The average molecular weight is 216 g/mol. The lowest BCUT2D eigenvalue weighted by molar-refractivity contribution is 0.402. The van der Waals surface area contributed by atoms with Crippen molar-refractivity contribution in [3.8, 4) is 0 Å². The highest BCUT2D eigenvalue weighted by Crippen LogP contribution is 2.21. The van der Waals surface area contributed by atoms with Crippen LogP contribution in [0.5, 0.6) is 0 Å². The highest BCUT2D eigenvalue weighted by Gasteiger charge is 2.21. The molecule has 1 heterocycles. The fourth-order valence-corrected chi connectivity index (χ4v) is 1.70. The normalized spacial score (nSPS) is 21.7. The summed E-state index contributed by atoms with van der Waals surface area (Å²) < 4.78 is 39.2. The number of nitrogens with one attached hydrogen (secondary N) is 2. The van der Waals surface area contributed by atoms with E-state index in [0.717, 1.165) is 12.6 Å². The molecule has 2 rings (SSSR count). The molecule has 0 radical (unpaired) electrons. The van der Waals surface area contributed by atoms with Crippen LogP contribution in [-0.4, -0.2) is 19.6 Å². The third kappa shape index (κ3) is 2.13. The summed E-state index contributed by atoms with van der Waals surface area (Å²) in [5.41, 5.74) is 0.0414. The van der Waals surface area contributed by atoms with Crippen LogP contribution in [0.15, 0.2) is 12.1 Å². The van der Waals surface area contributed by atoms with Gasteiger partial charge >= 0.3 is 0 Å². The van der Waals surface area contributed by atoms with Gasteiger partial charge in [0.1, 0.15) is 5.82 Å². The minimum atomic E-state index is -1.14. The van der Waals surface area contributed by atoms with Crippen LogP contribution in [0.2, 0.25) is 0 Å². The number of benzene rings is 1. The molecule has 0 saturated carbocycles. The highest BCUT2D eigenvalue weighted by atomic mass is 19.2. The zero-order valence-electron chi connectivity index (χ0n) is 7.99. The van der Waals surface area contributed by atoms with Crippen molar-refractivity contribution in [3.05, 3.63) is 35.1 Å². The van der Waals surface area contributed by atoms with Crippen LogP contribution >= 0.6 is 0 Å². The van der Waals surface area contributed by atoms with Gasteiger partial charge in [0.15, 0.2) is 11.6 Å². The zero-order chi connectivity index (χ0) is 10.8. The van der Waals surface area contributed by atoms with Gasteiger partial charge in [-0.1, -0.05) is 0 Å². The maximum absolute atomic E-state index is 13.4. The van der Waals surface area contributed by atoms with E-state index >= 15 is 0 Å². The molecule has 0 aromatic heterocycles. The van der Waals surface area contributed by atoms with Gasteiger partial charge in [0, 0.05) is 37.3 Å². The molecule has 1 aromatic rings. The van der Waals surface area contributed by atoms with Gasteiger partial charge in [-0.3, -0.25) is 0 Å². The average Bonchev–Trinajstić information content (AvgIpc) is 2.24. The Morgan fingerprint density at radius 1 is 1.13 bits per heavy atom. The van der Waals surface area contributed by atoms with Gasteiger partial charge in [-0.15, -0.1) is 0 Å². The first kappa shape index (κ1) is 10.4. The standard InChI is InChI=1S/C10H11F3N2/c11-6-3-7(10(13)8(12)4-6)9-5-14-1-2-15-9/h3-4,9,14-15H,1-2,5H2/t9-/m1/s1. The molecular formula is C10H11F3N2. The Hall–Kier alpha value is -1.07. The van der Waals surface area contributed by atoms with E-state index < -0.39 is 17.5 Å². The molecule has 1 fully saturated rings. The van der Waals surface area contributed by atoms with Crippen LogP contribution in [-0.2, 0) is 0 Å². The van der Waals surface area contributed by atoms with Crippen LogP contribution < -0.4 is 10.6 Å². The Labute approximate surface area is 85.5 Å². The van der Waals surface area contributed by atoms with Crippen molar-refractivity contribution in [2.24, 2.45) is 0 Å². The van der Waals surface area contributed by atoms with Crippen molar-refractivity contribution in [1.82, 2.24) is 10.6 Å². The Bertz CT molecular complexity index is 362. The van der Waals surface area contributed by atoms with E-state index in [0.29, 0.717) is 19.2 Å². The SMILES string of the molecule is Fc1cc(F)c(F)c([C@H]2CNCCN2)c1. The van der Waals surface area contributed by atoms with E-state index in [1.54, 1.807) is 0 Å². The Morgan fingerprint density at radius 3 is 2.60 bits per heavy atom. The van der Waals surface area contributed by atoms with E-state index in [4.69, 9.17) is 0 Å². The van der Waals surface area contributed by atoms with E-state index in [-0.39, 0.29) is 11.6 Å². The quantitative estimate of drug-likeness (QED) is 0.692. The van der Waals surface area contributed by atoms with Crippen molar-refractivity contribution in [2.45, 2.75) is 6.04 Å². The predicted molar refractivity (Wildman–Crippen MR) is 49.9 cm³/mol. The molecule has 0 aliphatic carbocycles. The summed E-state index contributed by atoms with van der Waals surface area (Å²) in [7, 11) is 0. The maximum atomic E-state index is 13.4. The Balaban J connectivity index is 2.33. The lowest BCUT2D eigenvalue weighted by atomic mass is 10.0. The van der Waals surface area contributed by atoms with Crippen LogP contribution in [0.4, 0.5) is 13.2 Å². The van der Waals surface area contributed by atoms with Crippen molar-refractivity contribution in [2.75, 3.05) is 19.6 Å². The summed E-state index contributed by atoms with van der Waals surface area (Å²) in [5, 5.41) is 6.02. The van der Waals surface area contributed by atoms with Gasteiger partial charge in [0.25, 0.3) is 0 Å². The van der Waals surface area contributed by atoms with E-state index in [1.807, 2.05) is 0 Å². The molecule has 1 aliphatic rings. The third-order valence-electron chi connectivity index (χ3n) is 2.44. The molecule has 82 valence electrons. The summed E-state index contributed by atoms with van der Waals surface area (Å²) >= 11 is 0. The number of halogens is 3. The first-order valence-electron chi connectivity index (χ1n) is 4.77. The number of hydrogen-bond acceptors (Lipinski definition) is 2. The molecule has 2 nitrogen and oxygen atoms in total. The summed E-state index contributed by atoms with van der Waals surface area (Å²) in [6.07, 6.45) is 0. The molecule has 0 amide bonds. The molecule has 15 heavy (non-hydrogen) atoms. The van der Waals surface area contributed by atoms with Gasteiger partial charge in [-0.25, -0.2) is 13.2 Å². The monoisotopic (exact) mass is 216 g/mol. The second-order valence-corrected chi connectivity index (χ2v) is 3.50. The van der Waals surface area contributed by atoms with Gasteiger partial charge in [-0.2, -0.15) is 0 Å². The third-order valence-corrected chi connectivity index (χ3v) is 2.44. The van der Waals surface area contributed by atoms with E-state index in [1.165, 1.54) is 0 Å². The minimum absolute atomic E-state index is 0.0414. The summed E-state index contributed by atoms with van der Waals surface area (Å²) in [4.78, 5) is 0. The summed E-state index contributed by atoms with van der Waals surface area (Å²) in [5.74, 6) is -2.87. The largest absolute Gasteiger partial charge is 0.314 e. The molecule has 0 unspecified atom stereocenters. The molecule has 1 saturated heterocycles. The molecular weight excluding hydrogens is 205 g/mol. The molecule has 0 bridgehead atoms. The van der Waals surface area contributed by atoms with Crippen molar-refractivity contribution in [3.63, 3.8) is 0 Å². The van der Waals surface area contributed by atoms with Crippen LogP contribution in [0, 0.1) is 17.5 Å². The number of rotatable bonds is 1. The smallest absolute Gasteiger partial charge is 0.163 e. The lowest BCUT2D eigenvalue weighted by Gasteiger charge is -2.25. The van der Waals surface area contributed by atoms with Gasteiger partial charge in [-0.05, 0) is 6.07 Å². The highest BCUT2D eigenvalue weighted by molar-refractivity contribution is 5.24. The Morgan fingerprint density at radius 2 is 1.93 bits per heavy atom. The molecule has 2 N–H and O–H groups in total. The van der Waals surface area contributed by atoms with E-state index in [9.17, 15) is 13.2 Å². The Kier molecular flexibility index (Phi) is 2.93. The predicted octanol–water partition coefficient (Wildman–Crippen LogP) is 1.34. The van der Waals surface area contributed by atoms with E-state index in [2.05, 4.69) is 10.6 Å². The molecule has 0 spiro atoms. The molecule has 1 atom stereocenters. The first-order chi connectivity index (χ1) is 7.18. The maximum Gasteiger partial charge on any atom is 0.163 e. The molecule has 1 aliphatic heterocycles. The fraction of sp³-hybridized carbons (Fsp3) is 0.400. The van der Waals surface area contributed by atoms with Crippen molar-refractivity contribution in [1.29, 1.82) is 0 Å². The van der Waals surface area contributed by atoms with Gasteiger partial charge in [0.05, 0.1) is 0 Å². The molecule has 1 aromatic carbocycles. The minimum Gasteiger partial charge on any atom is -0.314 e. The lowest BCUT2D eigenvalue weighted by Crippen LogP contribution is -2.43. The van der Waals surface area contributed by atoms with Crippen molar-refractivity contribution < 1.29 is 13.2 Å². The summed E-state index contributed by atoms with van der Waals surface area (Å²) in [6.45, 7) is 1.90. The number of piperazine rings is 1. The second-order valence-electron chi connectivity index (χ2n) is 3.50. The van der Waals surface area contributed by atoms with Crippen LogP contribution in [0.1, 0.15) is 11.6 Å². The fourth-order valence-electron chi connectivity index (χ4n) is 1.70. The molecule has 5 heteroatoms.